The smallest absolute Gasteiger partial charge is 0.273 e. The first-order valence-electron chi connectivity index (χ1n) is 7.74. The lowest BCUT2D eigenvalue weighted by atomic mass is 10.1. The number of benzene rings is 2. The number of anilines is 1. The van der Waals surface area contributed by atoms with Crippen molar-refractivity contribution in [3.63, 3.8) is 0 Å². The second-order valence-electron chi connectivity index (χ2n) is 5.38. The molecule has 0 spiro atoms. The highest BCUT2D eigenvalue weighted by molar-refractivity contribution is 6.03. The summed E-state index contributed by atoms with van der Waals surface area (Å²) in [6.07, 6.45) is 0. The van der Waals surface area contributed by atoms with Crippen molar-refractivity contribution in [2.24, 2.45) is 0 Å². The normalized spacial score (nSPS) is 10.0. The number of nitriles is 1. The maximum absolute atomic E-state index is 12.4. The van der Waals surface area contributed by atoms with Crippen LogP contribution in [0.4, 0.5) is 5.69 Å². The van der Waals surface area contributed by atoms with Gasteiger partial charge in [-0.1, -0.05) is 0 Å². The minimum atomic E-state index is -0.332. The molecule has 1 heterocycles. The molecule has 2 N–H and O–H groups in total. The van der Waals surface area contributed by atoms with E-state index in [0.29, 0.717) is 34.1 Å². The van der Waals surface area contributed by atoms with Gasteiger partial charge in [-0.05, 0) is 42.5 Å². The van der Waals surface area contributed by atoms with Crippen LogP contribution in [0.5, 0.6) is 11.5 Å². The van der Waals surface area contributed by atoms with Crippen LogP contribution in [0, 0.1) is 11.3 Å². The third-order valence-corrected chi connectivity index (χ3v) is 3.78. The topological polar surface area (TPSA) is 100 Å². The number of ether oxygens (including phenoxy) is 2. The second kappa shape index (κ2) is 7.40. The van der Waals surface area contributed by atoms with Gasteiger partial charge in [0.05, 0.1) is 31.5 Å². The molecule has 0 aliphatic heterocycles. The third-order valence-electron chi connectivity index (χ3n) is 3.78. The highest BCUT2D eigenvalue weighted by atomic mass is 16.5. The van der Waals surface area contributed by atoms with Gasteiger partial charge in [-0.2, -0.15) is 10.4 Å². The Balaban J connectivity index is 1.81. The Bertz CT molecular complexity index is 971. The standard InChI is InChI=1S/C19H16N4O3/c1-25-14-7-8-15(18(9-14)26-2)16-10-17(23-22-16)19(24)21-13-5-3-12(11-20)4-6-13/h3-10H,1-2H3,(H,21,24)(H,22,23). The summed E-state index contributed by atoms with van der Waals surface area (Å²) in [5.41, 5.74) is 2.74. The van der Waals surface area contributed by atoms with E-state index in [0.717, 1.165) is 5.56 Å². The van der Waals surface area contributed by atoms with Gasteiger partial charge in [-0.3, -0.25) is 9.89 Å². The van der Waals surface area contributed by atoms with Gasteiger partial charge in [0.25, 0.3) is 5.91 Å². The van der Waals surface area contributed by atoms with Crippen LogP contribution in [0.25, 0.3) is 11.3 Å². The molecule has 7 nitrogen and oxygen atoms in total. The number of nitrogens with one attached hydrogen (secondary N) is 2. The lowest BCUT2D eigenvalue weighted by Gasteiger charge is -2.08. The summed E-state index contributed by atoms with van der Waals surface area (Å²) in [4.78, 5) is 12.4. The van der Waals surface area contributed by atoms with Crippen molar-refractivity contribution in [2.75, 3.05) is 19.5 Å². The molecule has 130 valence electrons. The first-order chi connectivity index (χ1) is 12.6. The molecule has 0 fully saturated rings. The van der Waals surface area contributed by atoms with Crippen molar-refractivity contribution in [1.82, 2.24) is 10.2 Å². The molecule has 0 radical (unpaired) electrons. The van der Waals surface area contributed by atoms with Crippen molar-refractivity contribution in [3.05, 3.63) is 59.8 Å². The molecule has 1 amide bonds. The first-order valence-corrected chi connectivity index (χ1v) is 7.74. The molecular weight excluding hydrogens is 332 g/mol. The lowest BCUT2D eigenvalue weighted by molar-refractivity contribution is 0.102. The van der Waals surface area contributed by atoms with E-state index in [1.54, 1.807) is 56.7 Å². The highest BCUT2D eigenvalue weighted by Gasteiger charge is 2.15. The summed E-state index contributed by atoms with van der Waals surface area (Å²) in [5, 5.41) is 18.5. The van der Waals surface area contributed by atoms with Crippen LogP contribution in [0.15, 0.2) is 48.5 Å². The molecule has 0 unspecified atom stereocenters. The molecular formula is C19H16N4O3. The second-order valence-corrected chi connectivity index (χ2v) is 5.38. The van der Waals surface area contributed by atoms with Crippen molar-refractivity contribution < 1.29 is 14.3 Å². The van der Waals surface area contributed by atoms with Gasteiger partial charge in [-0.25, -0.2) is 0 Å². The fourth-order valence-electron chi connectivity index (χ4n) is 2.41. The Morgan fingerprint density at radius 3 is 2.54 bits per heavy atom. The zero-order valence-corrected chi connectivity index (χ0v) is 14.2. The van der Waals surface area contributed by atoms with Crippen LogP contribution in [0.3, 0.4) is 0 Å². The number of nitrogens with zero attached hydrogens (tertiary/aromatic N) is 2. The Labute approximate surface area is 150 Å². The Hall–Kier alpha value is -3.79. The average Bonchev–Trinajstić information content (AvgIpc) is 3.18. The zero-order valence-electron chi connectivity index (χ0n) is 14.2. The highest BCUT2D eigenvalue weighted by Crippen LogP contribution is 2.32. The number of carbonyl (C=O) groups excluding carboxylic acids is 1. The molecule has 0 saturated carbocycles. The van der Waals surface area contributed by atoms with E-state index < -0.39 is 0 Å². The summed E-state index contributed by atoms with van der Waals surface area (Å²) in [6, 6.07) is 15.6. The Kier molecular flexibility index (Phi) is 4.85. The maximum atomic E-state index is 12.4. The van der Waals surface area contributed by atoms with Crippen LogP contribution in [-0.2, 0) is 0 Å². The minimum Gasteiger partial charge on any atom is -0.497 e. The summed E-state index contributed by atoms with van der Waals surface area (Å²) in [7, 11) is 3.14. The SMILES string of the molecule is COc1ccc(-c2cc(C(=O)Nc3ccc(C#N)cc3)[nH]n2)c(OC)c1. The summed E-state index contributed by atoms with van der Waals surface area (Å²) < 4.78 is 10.6. The fraction of sp³-hybridized carbons (Fsp3) is 0.105. The number of aromatic nitrogens is 2. The Morgan fingerprint density at radius 1 is 1.12 bits per heavy atom. The third kappa shape index (κ3) is 3.49. The molecule has 0 saturated heterocycles. The number of methoxy groups -OCH3 is 2. The molecule has 0 aliphatic rings. The van der Waals surface area contributed by atoms with Gasteiger partial charge in [0, 0.05) is 17.3 Å². The summed E-state index contributed by atoms with van der Waals surface area (Å²) in [6.45, 7) is 0. The number of rotatable bonds is 5. The van der Waals surface area contributed by atoms with Crippen LogP contribution < -0.4 is 14.8 Å². The van der Waals surface area contributed by atoms with Gasteiger partial charge in [0.15, 0.2) is 0 Å². The van der Waals surface area contributed by atoms with Gasteiger partial charge in [0.1, 0.15) is 17.2 Å². The Morgan fingerprint density at radius 2 is 1.88 bits per heavy atom. The predicted octanol–water partition coefficient (Wildman–Crippen LogP) is 3.22. The molecule has 0 atom stereocenters. The van der Waals surface area contributed by atoms with E-state index >= 15 is 0 Å². The van der Waals surface area contributed by atoms with E-state index in [1.807, 2.05) is 12.1 Å². The molecule has 3 aromatic rings. The van der Waals surface area contributed by atoms with Crippen LogP contribution in [-0.4, -0.2) is 30.3 Å². The fourth-order valence-corrected chi connectivity index (χ4v) is 2.41. The molecule has 26 heavy (non-hydrogen) atoms. The summed E-state index contributed by atoms with van der Waals surface area (Å²) >= 11 is 0. The quantitative estimate of drug-likeness (QED) is 0.737. The largest absolute Gasteiger partial charge is 0.497 e. The van der Waals surface area contributed by atoms with E-state index in [1.165, 1.54) is 0 Å². The molecule has 3 rings (SSSR count). The number of H-pyrrole nitrogens is 1. The van der Waals surface area contributed by atoms with E-state index in [4.69, 9.17) is 14.7 Å². The number of aromatic amines is 1. The molecule has 0 aliphatic carbocycles. The van der Waals surface area contributed by atoms with Gasteiger partial charge < -0.3 is 14.8 Å². The first kappa shape index (κ1) is 17.0. The zero-order chi connectivity index (χ0) is 18.5. The van der Waals surface area contributed by atoms with Crippen molar-refractivity contribution in [3.8, 4) is 28.8 Å². The van der Waals surface area contributed by atoms with Crippen LogP contribution in [0.1, 0.15) is 16.1 Å². The van der Waals surface area contributed by atoms with Crippen molar-refractivity contribution >= 4 is 11.6 Å². The molecule has 0 bridgehead atoms. The minimum absolute atomic E-state index is 0.308. The van der Waals surface area contributed by atoms with Gasteiger partial charge in [-0.15, -0.1) is 0 Å². The number of amides is 1. The number of hydrogen-bond acceptors (Lipinski definition) is 5. The summed E-state index contributed by atoms with van der Waals surface area (Å²) in [5.74, 6) is 0.927. The number of carbonyl (C=O) groups is 1. The molecule has 2 aromatic carbocycles. The van der Waals surface area contributed by atoms with Crippen molar-refractivity contribution in [2.45, 2.75) is 0 Å². The molecule has 7 heteroatoms. The predicted molar refractivity (Wildman–Crippen MR) is 96.2 cm³/mol. The maximum Gasteiger partial charge on any atom is 0.273 e. The lowest BCUT2D eigenvalue weighted by Crippen LogP contribution is -2.12. The molecule has 1 aromatic heterocycles. The number of hydrogen-bond donors (Lipinski definition) is 2. The van der Waals surface area contributed by atoms with Crippen LogP contribution in [0.2, 0.25) is 0 Å². The van der Waals surface area contributed by atoms with E-state index in [2.05, 4.69) is 15.5 Å². The van der Waals surface area contributed by atoms with E-state index in [9.17, 15) is 4.79 Å². The van der Waals surface area contributed by atoms with Gasteiger partial charge >= 0.3 is 0 Å². The van der Waals surface area contributed by atoms with E-state index in [-0.39, 0.29) is 5.91 Å². The average molecular weight is 348 g/mol. The monoisotopic (exact) mass is 348 g/mol. The van der Waals surface area contributed by atoms with Gasteiger partial charge in [0.2, 0.25) is 0 Å². The van der Waals surface area contributed by atoms with Crippen LogP contribution >= 0.6 is 0 Å². The van der Waals surface area contributed by atoms with Crippen molar-refractivity contribution in [1.29, 1.82) is 5.26 Å².